The van der Waals surface area contributed by atoms with Crippen LogP contribution in [-0.4, -0.2) is 33.6 Å². The third-order valence-corrected chi connectivity index (χ3v) is 2.50. The highest BCUT2D eigenvalue weighted by atomic mass is 16.1. The summed E-state index contributed by atoms with van der Waals surface area (Å²) in [4.78, 5) is 15.6. The summed E-state index contributed by atoms with van der Waals surface area (Å²) in [5.41, 5.74) is 1.94. The molecule has 0 aliphatic rings. The van der Waals surface area contributed by atoms with E-state index in [1.54, 1.807) is 4.52 Å². The Morgan fingerprint density at radius 2 is 2.33 bits per heavy atom. The Kier molecular flexibility index (Phi) is 3.76. The molecule has 0 aliphatic heterocycles. The van der Waals surface area contributed by atoms with Crippen molar-refractivity contribution >= 4 is 17.5 Å². The number of anilines is 1. The highest BCUT2D eigenvalue weighted by molar-refractivity contribution is 5.76. The second-order valence-corrected chi connectivity index (χ2v) is 4.07. The molecule has 0 bridgehead atoms. The van der Waals surface area contributed by atoms with Crippen LogP contribution in [0.4, 0.5) is 5.95 Å². The molecule has 0 saturated heterocycles. The molecule has 0 aliphatic carbocycles. The second-order valence-electron chi connectivity index (χ2n) is 4.07. The summed E-state index contributed by atoms with van der Waals surface area (Å²) in [7, 11) is 0. The molecule has 96 valence electrons. The molecule has 0 unspecified atom stereocenters. The Morgan fingerprint density at radius 1 is 1.50 bits per heavy atom. The summed E-state index contributed by atoms with van der Waals surface area (Å²) in [6.45, 7) is 5.10. The normalized spacial score (nSPS) is 10.6. The number of nitrogens with one attached hydrogen (secondary N) is 2. The smallest absolute Gasteiger partial charge is 0.243 e. The minimum atomic E-state index is 0.0320. The number of amides is 1. The maximum absolute atomic E-state index is 11.3. The van der Waals surface area contributed by atoms with E-state index < -0.39 is 0 Å². The largest absolute Gasteiger partial charge is 0.356 e. The number of carbonyl (C=O) groups is 1. The lowest BCUT2D eigenvalue weighted by Crippen LogP contribution is -2.24. The fourth-order valence-electron chi connectivity index (χ4n) is 1.63. The van der Waals surface area contributed by atoms with Gasteiger partial charge in [-0.1, -0.05) is 0 Å². The highest BCUT2D eigenvalue weighted by Crippen LogP contribution is 2.07. The number of carbonyl (C=O) groups excluding carboxylic acids is 1. The lowest BCUT2D eigenvalue weighted by atomic mass is 10.3. The monoisotopic (exact) mass is 247 g/mol. The van der Waals surface area contributed by atoms with Gasteiger partial charge in [0.15, 0.2) is 5.65 Å². The minimum Gasteiger partial charge on any atom is -0.356 e. The summed E-state index contributed by atoms with van der Waals surface area (Å²) in [6.07, 6.45) is 2.29. The molecule has 1 amide bonds. The molecule has 6 heteroatoms. The minimum absolute atomic E-state index is 0.0320. The van der Waals surface area contributed by atoms with Gasteiger partial charge in [-0.3, -0.25) is 4.79 Å². The molecule has 0 fully saturated rings. The van der Waals surface area contributed by atoms with Crippen LogP contribution >= 0.6 is 0 Å². The van der Waals surface area contributed by atoms with Gasteiger partial charge in [-0.15, -0.1) is 5.10 Å². The van der Waals surface area contributed by atoms with E-state index in [4.69, 9.17) is 0 Å². The molecule has 2 aromatic rings. The number of fused-ring (bicyclic) bond motifs is 1. The summed E-state index contributed by atoms with van der Waals surface area (Å²) in [6, 6.07) is 3.93. The Balaban J connectivity index is 1.94. The van der Waals surface area contributed by atoms with Gasteiger partial charge in [0.05, 0.1) is 0 Å². The Hall–Kier alpha value is -2.11. The summed E-state index contributed by atoms with van der Waals surface area (Å²) >= 11 is 0. The van der Waals surface area contributed by atoms with Gasteiger partial charge in [0.2, 0.25) is 11.9 Å². The van der Waals surface area contributed by atoms with Crippen molar-refractivity contribution in [2.75, 3.05) is 18.4 Å². The second kappa shape index (κ2) is 5.48. The third-order valence-electron chi connectivity index (χ3n) is 2.50. The number of aryl methyl sites for hydroxylation is 1. The molecule has 0 radical (unpaired) electrons. The number of hydrogen-bond acceptors (Lipinski definition) is 4. The van der Waals surface area contributed by atoms with E-state index in [0.717, 1.165) is 11.2 Å². The lowest BCUT2D eigenvalue weighted by molar-refractivity contribution is -0.120. The molecule has 0 atom stereocenters. The van der Waals surface area contributed by atoms with Gasteiger partial charge in [-0.05, 0) is 31.5 Å². The quantitative estimate of drug-likeness (QED) is 0.826. The molecule has 0 saturated carbocycles. The maximum Gasteiger partial charge on any atom is 0.243 e. The van der Waals surface area contributed by atoms with Crippen molar-refractivity contribution in [1.82, 2.24) is 19.9 Å². The van der Waals surface area contributed by atoms with E-state index in [2.05, 4.69) is 20.7 Å². The zero-order chi connectivity index (χ0) is 13.0. The molecule has 2 rings (SSSR count). The topological polar surface area (TPSA) is 71.3 Å². The van der Waals surface area contributed by atoms with Crippen LogP contribution in [0.5, 0.6) is 0 Å². The van der Waals surface area contributed by atoms with Crippen molar-refractivity contribution in [3.05, 3.63) is 23.9 Å². The highest BCUT2D eigenvalue weighted by Gasteiger charge is 2.04. The third kappa shape index (κ3) is 2.97. The maximum atomic E-state index is 11.3. The van der Waals surface area contributed by atoms with Crippen molar-refractivity contribution in [3.8, 4) is 0 Å². The van der Waals surface area contributed by atoms with Crippen LogP contribution in [0.3, 0.4) is 0 Å². The van der Waals surface area contributed by atoms with E-state index in [-0.39, 0.29) is 5.91 Å². The van der Waals surface area contributed by atoms with Crippen LogP contribution in [-0.2, 0) is 4.79 Å². The van der Waals surface area contributed by atoms with Gasteiger partial charge >= 0.3 is 0 Å². The molecule has 2 N–H and O–H groups in total. The van der Waals surface area contributed by atoms with E-state index in [1.807, 2.05) is 32.2 Å². The Morgan fingerprint density at radius 3 is 3.11 bits per heavy atom. The number of nitrogens with zero attached hydrogens (tertiary/aromatic N) is 3. The zero-order valence-electron chi connectivity index (χ0n) is 10.6. The van der Waals surface area contributed by atoms with Crippen molar-refractivity contribution in [3.63, 3.8) is 0 Å². The van der Waals surface area contributed by atoms with E-state index in [9.17, 15) is 4.79 Å². The van der Waals surface area contributed by atoms with Crippen LogP contribution in [0.15, 0.2) is 18.3 Å². The number of hydrogen-bond donors (Lipinski definition) is 2. The van der Waals surface area contributed by atoms with Gasteiger partial charge < -0.3 is 10.6 Å². The van der Waals surface area contributed by atoms with Gasteiger partial charge in [0, 0.05) is 25.7 Å². The molecule has 0 aromatic carbocycles. The Bertz CT molecular complexity index is 548. The van der Waals surface area contributed by atoms with Crippen LogP contribution in [0.2, 0.25) is 0 Å². The molecule has 2 aromatic heterocycles. The standard InChI is InChI=1S/C12H17N5O/c1-3-13-11(18)4-6-14-12-15-10-8-9(2)5-7-17(10)16-12/h5,7-8H,3-4,6H2,1-2H3,(H,13,18)(H,14,16). The number of rotatable bonds is 5. The fraction of sp³-hybridized carbons (Fsp3) is 0.417. The van der Waals surface area contributed by atoms with Crippen LogP contribution in [0.1, 0.15) is 18.9 Å². The predicted molar refractivity (Wildman–Crippen MR) is 69.5 cm³/mol. The number of aromatic nitrogens is 3. The average Bonchev–Trinajstić information content (AvgIpc) is 2.71. The molecule has 2 heterocycles. The van der Waals surface area contributed by atoms with Crippen LogP contribution < -0.4 is 10.6 Å². The van der Waals surface area contributed by atoms with E-state index >= 15 is 0 Å². The average molecular weight is 247 g/mol. The first-order valence-corrected chi connectivity index (χ1v) is 6.02. The van der Waals surface area contributed by atoms with Gasteiger partial charge in [-0.2, -0.15) is 4.98 Å². The lowest BCUT2D eigenvalue weighted by Gasteiger charge is -2.01. The molecule has 0 spiro atoms. The SMILES string of the molecule is CCNC(=O)CCNc1nc2cc(C)ccn2n1. The van der Waals surface area contributed by atoms with Crippen LogP contribution in [0.25, 0.3) is 5.65 Å². The van der Waals surface area contributed by atoms with Crippen molar-refractivity contribution < 1.29 is 4.79 Å². The van der Waals surface area contributed by atoms with E-state index in [1.165, 1.54) is 0 Å². The van der Waals surface area contributed by atoms with Gasteiger partial charge in [0.1, 0.15) is 0 Å². The van der Waals surface area contributed by atoms with Crippen molar-refractivity contribution in [1.29, 1.82) is 0 Å². The van der Waals surface area contributed by atoms with Gasteiger partial charge in [0.25, 0.3) is 0 Å². The molecular weight excluding hydrogens is 230 g/mol. The Labute approximate surface area is 105 Å². The zero-order valence-corrected chi connectivity index (χ0v) is 10.6. The predicted octanol–water partition coefficient (Wildman–Crippen LogP) is 0.976. The summed E-state index contributed by atoms with van der Waals surface area (Å²) in [5, 5.41) is 10.0. The first-order chi connectivity index (χ1) is 8.69. The molecular formula is C12H17N5O. The first kappa shape index (κ1) is 12.3. The fourth-order valence-corrected chi connectivity index (χ4v) is 1.63. The van der Waals surface area contributed by atoms with Gasteiger partial charge in [-0.25, -0.2) is 4.52 Å². The van der Waals surface area contributed by atoms with Crippen molar-refractivity contribution in [2.45, 2.75) is 20.3 Å². The van der Waals surface area contributed by atoms with E-state index in [0.29, 0.717) is 25.5 Å². The summed E-state index contributed by atoms with van der Waals surface area (Å²) in [5.74, 6) is 0.578. The number of pyridine rings is 1. The van der Waals surface area contributed by atoms with Crippen LogP contribution in [0, 0.1) is 6.92 Å². The summed E-state index contributed by atoms with van der Waals surface area (Å²) < 4.78 is 1.71. The first-order valence-electron chi connectivity index (χ1n) is 6.02. The molecule has 6 nitrogen and oxygen atoms in total. The van der Waals surface area contributed by atoms with Crippen molar-refractivity contribution in [2.24, 2.45) is 0 Å². The molecule has 18 heavy (non-hydrogen) atoms.